The lowest BCUT2D eigenvalue weighted by molar-refractivity contribution is -0.127. The van der Waals surface area contributed by atoms with Crippen molar-refractivity contribution in [2.45, 2.75) is 26.0 Å². The van der Waals surface area contributed by atoms with E-state index in [1.54, 1.807) is 43.7 Å². The van der Waals surface area contributed by atoms with Gasteiger partial charge in [-0.25, -0.2) is 4.98 Å². The first-order valence-corrected chi connectivity index (χ1v) is 7.18. The van der Waals surface area contributed by atoms with Gasteiger partial charge in [0, 0.05) is 30.5 Å². The van der Waals surface area contributed by atoms with E-state index in [4.69, 9.17) is 16.3 Å². The van der Waals surface area contributed by atoms with Crippen LogP contribution in [0.25, 0.3) is 0 Å². The molecule has 1 amide bonds. The average Bonchev–Trinajstić information content (AvgIpc) is 2.96. The first-order valence-electron chi connectivity index (χ1n) is 6.81. The van der Waals surface area contributed by atoms with Crippen LogP contribution in [0.3, 0.4) is 0 Å². The highest BCUT2D eigenvalue weighted by Crippen LogP contribution is 2.18. The van der Waals surface area contributed by atoms with Crippen molar-refractivity contribution in [2.75, 3.05) is 6.54 Å². The molecule has 1 heterocycles. The lowest BCUT2D eigenvalue weighted by Gasteiger charge is -2.15. The topological polar surface area (TPSA) is 56.1 Å². The molecule has 5 nitrogen and oxygen atoms in total. The Balaban J connectivity index is 1.70. The molecule has 1 atom stereocenters. The Morgan fingerprint density at radius 3 is 3.10 bits per heavy atom. The highest BCUT2D eigenvalue weighted by atomic mass is 35.5. The smallest absolute Gasteiger partial charge is 0.260 e. The number of halogens is 1. The number of amides is 1. The molecule has 0 spiro atoms. The second-order valence-electron chi connectivity index (χ2n) is 4.66. The molecule has 112 valence electrons. The summed E-state index contributed by atoms with van der Waals surface area (Å²) in [6.07, 6.45) is 5.67. The molecule has 0 radical (unpaired) electrons. The molecule has 0 unspecified atom stereocenters. The number of rotatable bonds is 7. The Morgan fingerprint density at radius 2 is 2.38 bits per heavy atom. The predicted octanol–water partition coefficient (Wildman–Crippen LogP) is 2.51. The van der Waals surface area contributed by atoms with E-state index in [-0.39, 0.29) is 5.91 Å². The van der Waals surface area contributed by atoms with Crippen LogP contribution in [0.5, 0.6) is 5.75 Å². The summed E-state index contributed by atoms with van der Waals surface area (Å²) in [5, 5.41) is 3.43. The number of hydrogen-bond acceptors (Lipinski definition) is 3. The molecule has 0 saturated carbocycles. The summed E-state index contributed by atoms with van der Waals surface area (Å²) in [5.74, 6) is 0.448. The van der Waals surface area contributed by atoms with Crippen molar-refractivity contribution in [3.8, 4) is 5.75 Å². The lowest BCUT2D eigenvalue weighted by atomic mass is 10.3. The van der Waals surface area contributed by atoms with Gasteiger partial charge in [-0.15, -0.1) is 0 Å². The van der Waals surface area contributed by atoms with Crippen molar-refractivity contribution >= 4 is 17.5 Å². The van der Waals surface area contributed by atoms with Crippen molar-refractivity contribution in [3.63, 3.8) is 0 Å². The highest BCUT2D eigenvalue weighted by Gasteiger charge is 2.13. The standard InChI is InChI=1S/C15H18ClN3O2/c1-12(21-14-5-2-4-13(16)10-14)15(20)18-6-3-8-19-9-7-17-11-19/h2,4-5,7,9-12H,3,6,8H2,1H3,(H,18,20)/t12-/m1/s1. The van der Waals surface area contributed by atoms with Gasteiger partial charge in [0.25, 0.3) is 5.91 Å². The van der Waals surface area contributed by atoms with Crippen LogP contribution in [0.1, 0.15) is 13.3 Å². The van der Waals surface area contributed by atoms with Crippen LogP contribution < -0.4 is 10.1 Å². The van der Waals surface area contributed by atoms with Crippen molar-refractivity contribution in [2.24, 2.45) is 0 Å². The minimum absolute atomic E-state index is 0.138. The van der Waals surface area contributed by atoms with Crippen LogP contribution in [0.2, 0.25) is 5.02 Å². The molecule has 21 heavy (non-hydrogen) atoms. The molecule has 2 aromatic rings. The molecular weight excluding hydrogens is 290 g/mol. The molecule has 2 rings (SSSR count). The van der Waals surface area contributed by atoms with Crippen molar-refractivity contribution in [1.29, 1.82) is 0 Å². The summed E-state index contributed by atoms with van der Waals surface area (Å²) < 4.78 is 7.52. The maximum absolute atomic E-state index is 11.9. The minimum atomic E-state index is -0.559. The number of nitrogens with one attached hydrogen (secondary N) is 1. The molecule has 6 heteroatoms. The lowest BCUT2D eigenvalue weighted by Crippen LogP contribution is -2.37. The molecule has 0 aliphatic heterocycles. The van der Waals surface area contributed by atoms with Gasteiger partial charge in [-0.3, -0.25) is 4.79 Å². The molecule has 1 N–H and O–H groups in total. The van der Waals surface area contributed by atoms with Crippen LogP contribution >= 0.6 is 11.6 Å². The Morgan fingerprint density at radius 1 is 1.52 bits per heavy atom. The van der Waals surface area contributed by atoms with Gasteiger partial charge in [-0.1, -0.05) is 17.7 Å². The van der Waals surface area contributed by atoms with E-state index in [2.05, 4.69) is 10.3 Å². The Labute approximate surface area is 128 Å². The minimum Gasteiger partial charge on any atom is -0.481 e. The monoisotopic (exact) mass is 307 g/mol. The first kappa shape index (κ1) is 15.4. The zero-order valence-electron chi connectivity index (χ0n) is 11.8. The first-order chi connectivity index (χ1) is 10.1. The summed E-state index contributed by atoms with van der Waals surface area (Å²) in [6.45, 7) is 3.14. The van der Waals surface area contributed by atoms with E-state index in [9.17, 15) is 4.79 Å². The number of benzene rings is 1. The third kappa shape index (κ3) is 5.11. The summed E-state index contributed by atoms with van der Waals surface area (Å²) in [4.78, 5) is 15.9. The molecule has 1 aromatic heterocycles. The van der Waals surface area contributed by atoms with Gasteiger partial charge in [-0.05, 0) is 31.5 Å². The second-order valence-corrected chi connectivity index (χ2v) is 5.10. The highest BCUT2D eigenvalue weighted by molar-refractivity contribution is 6.30. The number of aryl methyl sites for hydroxylation is 1. The summed E-state index contributed by atoms with van der Waals surface area (Å²) >= 11 is 5.87. The van der Waals surface area contributed by atoms with Gasteiger partial charge >= 0.3 is 0 Å². The fourth-order valence-electron chi connectivity index (χ4n) is 1.83. The van der Waals surface area contributed by atoms with Crippen LogP contribution in [-0.2, 0) is 11.3 Å². The van der Waals surface area contributed by atoms with E-state index in [1.165, 1.54) is 0 Å². The molecule has 0 bridgehead atoms. The van der Waals surface area contributed by atoms with Gasteiger partial charge in [0.05, 0.1) is 6.33 Å². The second kappa shape index (κ2) is 7.69. The molecular formula is C15H18ClN3O2. The van der Waals surface area contributed by atoms with Crippen molar-refractivity contribution in [3.05, 3.63) is 48.0 Å². The van der Waals surface area contributed by atoms with Crippen LogP contribution in [0, 0.1) is 0 Å². The zero-order valence-corrected chi connectivity index (χ0v) is 12.6. The zero-order chi connectivity index (χ0) is 15.1. The Hall–Kier alpha value is -2.01. The van der Waals surface area contributed by atoms with Crippen LogP contribution in [-0.4, -0.2) is 28.1 Å². The number of aromatic nitrogens is 2. The Kier molecular flexibility index (Phi) is 5.63. The number of carbonyl (C=O) groups excluding carboxylic acids is 1. The normalized spacial score (nSPS) is 11.9. The molecule has 0 saturated heterocycles. The van der Waals surface area contributed by atoms with Gasteiger partial charge < -0.3 is 14.6 Å². The number of hydrogen-bond donors (Lipinski definition) is 1. The van der Waals surface area contributed by atoms with Crippen LogP contribution in [0.15, 0.2) is 43.0 Å². The predicted molar refractivity (Wildman–Crippen MR) is 81.4 cm³/mol. The number of carbonyl (C=O) groups is 1. The number of nitrogens with zero attached hydrogens (tertiary/aromatic N) is 2. The van der Waals surface area contributed by atoms with E-state index in [0.29, 0.717) is 17.3 Å². The van der Waals surface area contributed by atoms with Gasteiger partial charge in [0.15, 0.2) is 6.10 Å². The fraction of sp³-hybridized carbons (Fsp3) is 0.333. The van der Waals surface area contributed by atoms with E-state index < -0.39 is 6.10 Å². The van der Waals surface area contributed by atoms with Gasteiger partial charge in [0.1, 0.15) is 5.75 Å². The quantitative estimate of drug-likeness (QED) is 0.800. The third-order valence-corrected chi connectivity index (χ3v) is 3.16. The maximum Gasteiger partial charge on any atom is 0.260 e. The summed E-state index contributed by atoms with van der Waals surface area (Å²) in [7, 11) is 0. The van der Waals surface area contributed by atoms with E-state index in [0.717, 1.165) is 13.0 Å². The Bertz CT molecular complexity index is 572. The van der Waals surface area contributed by atoms with Gasteiger partial charge in [-0.2, -0.15) is 0 Å². The number of imidazole rings is 1. The van der Waals surface area contributed by atoms with E-state index in [1.807, 2.05) is 10.8 Å². The van der Waals surface area contributed by atoms with Crippen molar-refractivity contribution in [1.82, 2.24) is 14.9 Å². The summed E-state index contributed by atoms with van der Waals surface area (Å²) in [5.41, 5.74) is 0. The van der Waals surface area contributed by atoms with Crippen LogP contribution in [0.4, 0.5) is 0 Å². The average molecular weight is 308 g/mol. The molecule has 0 aliphatic rings. The summed E-state index contributed by atoms with van der Waals surface area (Å²) in [6, 6.07) is 7.00. The molecule has 0 fully saturated rings. The largest absolute Gasteiger partial charge is 0.481 e. The van der Waals surface area contributed by atoms with E-state index >= 15 is 0 Å². The fourth-order valence-corrected chi connectivity index (χ4v) is 2.01. The maximum atomic E-state index is 11.9. The molecule has 0 aliphatic carbocycles. The number of ether oxygens (including phenoxy) is 1. The van der Waals surface area contributed by atoms with Crippen molar-refractivity contribution < 1.29 is 9.53 Å². The van der Waals surface area contributed by atoms with Gasteiger partial charge in [0.2, 0.25) is 0 Å². The molecule has 1 aromatic carbocycles. The third-order valence-electron chi connectivity index (χ3n) is 2.93. The SMILES string of the molecule is C[C@@H](Oc1cccc(Cl)c1)C(=O)NCCCn1ccnc1.